The Labute approximate surface area is 223 Å². The molecule has 0 N–H and O–H groups in total. The summed E-state index contributed by atoms with van der Waals surface area (Å²) >= 11 is 0. The molecule has 1 amide bonds. The third-order valence-electron chi connectivity index (χ3n) is 8.14. The van der Waals surface area contributed by atoms with Gasteiger partial charge in [-0.2, -0.15) is 0 Å². The molecule has 7 heteroatoms. The molecule has 1 fully saturated rings. The van der Waals surface area contributed by atoms with E-state index in [0.29, 0.717) is 41.7 Å². The van der Waals surface area contributed by atoms with E-state index in [2.05, 4.69) is 0 Å². The molecule has 2 aliphatic rings. The number of nitrogens with zero attached hydrogens (tertiary/aromatic N) is 1. The van der Waals surface area contributed by atoms with Crippen LogP contribution in [-0.4, -0.2) is 38.2 Å². The van der Waals surface area contributed by atoms with Crippen LogP contribution in [0.15, 0.2) is 45.6 Å². The Hall–Kier alpha value is -3.48. The molecule has 0 spiro atoms. The van der Waals surface area contributed by atoms with Crippen molar-refractivity contribution < 1.29 is 23.4 Å². The number of rotatable bonds is 8. The number of carbonyl (C=O) groups is 1. The van der Waals surface area contributed by atoms with Crippen LogP contribution in [-0.2, 0) is 11.2 Å². The average Bonchev–Trinajstić information content (AvgIpc) is 2.93. The molecule has 1 unspecified atom stereocenters. The van der Waals surface area contributed by atoms with Crippen molar-refractivity contribution in [2.75, 3.05) is 27.4 Å². The number of aryl methyl sites for hydroxylation is 1. The van der Waals surface area contributed by atoms with Crippen molar-refractivity contribution in [1.82, 2.24) is 4.90 Å². The van der Waals surface area contributed by atoms with Gasteiger partial charge < -0.3 is 23.5 Å². The Balaban J connectivity index is 1.41. The van der Waals surface area contributed by atoms with Crippen LogP contribution in [0, 0.1) is 12.8 Å². The minimum absolute atomic E-state index is 0.171. The van der Waals surface area contributed by atoms with E-state index in [1.54, 1.807) is 20.3 Å². The zero-order chi connectivity index (χ0) is 26.6. The lowest BCUT2D eigenvalue weighted by Gasteiger charge is -2.38. The van der Waals surface area contributed by atoms with Gasteiger partial charge in [0.25, 0.3) is 0 Å². The molecular formula is C31H37NO6. The summed E-state index contributed by atoms with van der Waals surface area (Å²) in [5, 5.41) is 0.872. The Bertz CT molecular complexity index is 1360. The van der Waals surface area contributed by atoms with E-state index < -0.39 is 0 Å². The monoisotopic (exact) mass is 519 g/mol. The van der Waals surface area contributed by atoms with Crippen LogP contribution in [0.25, 0.3) is 11.0 Å². The van der Waals surface area contributed by atoms with E-state index in [0.717, 1.165) is 34.9 Å². The molecule has 5 rings (SSSR count). The summed E-state index contributed by atoms with van der Waals surface area (Å²) in [6.07, 6.45) is 8.60. The van der Waals surface area contributed by atoms with Gasteiger partial charge in [-0.1, -0.05) is 32.1 Å². The van der Waals surface area contributed by atoms with E-state index in [4.69, 9.17) is 18.6 Å². The second-order valence-corrected chi connectivity index (χ2v) is 10.5. The quantitative estimate of drug-likeness (QED) is 0.341. The fraction of sp³-hybridized carbons (Fsp3) is 0.484. The summed E-state index contributed by atoms with van der Waals surface area (Å²) in [6, 6.07) is 10.7. The number of hydrogen-bond acceptors (Lipinski definition) is 6. The molecular weight excluding hydrogens is 482 g/mol. The van der Waals surface area contributed by atoms with E-state index in [-0.39, 0.29) is 24.2 Å². The molecule has 2 aromatic carbocycles. The molecule has 1 aliphatic carbocycles. The molecule has 7 nitrogen and oxygen atoms in total. The highest BCUT2D eigenvalue weighted by atomic mass is 16.5. The fourth-order valence-corrected chi connectivity index (χ4v) is 6.02. The van der Waals surface area contributed by atoms with Crippen LogP contribution in [0.2, 0.25) is 0 Å². The van der Waals surface area contributed by atoms with Gasteiger partial charge in [0.05, 0.1) is 20.3 Å². The van der Waals surface area contributed by atoms with Crippen molar-refractivity contribution in [2.24, 2.45) is 5.92 Å². The summed E-state index contributed by atoms with van der Waals surface area (Å²) in [4.78, 5) is 27.4. The van der Waals surface area contributed by atoms with E-state index >= 15 is 0 Å². The standard InChI is InChI=1S/C31H37NO6/c1-20-15-31(34)38-27-17-23(10-11-24(20)27)37-19-26-25-18-29(36-3)28(35-2)16-22(25)13-14-32(26)30(33)12-9-21-7-5-4-6-8-21/h10-11,15-18,21,26H,4-9,12-14,19H2,1-3H3. The molecule has 1 aliphatic heterocycles. The smallest absolute Gasteiger partial charge is 0.336 e. The number of methoxy groups -OCH3 is 2. The van der Waals surface area contributed by atoms with Gasteiger partial charge in [0.2, 0.25) is 5.91 Å². The molecule has 1 aromatic heterocycles. The lowest BCUT2D eigenvalue weighted by Crippen LogP contribution is -2.42. The average molecular weight is 520 g/mol. The second-order valence-electron chi connectivity index (χ2n) is 10.5. The van der Waals surface area contributed by atoms with Gasteiger partial charge in [-0.15, -0.1) is 0 Å². The van der Waals surface area contributed by atoms with Crippen LogP contribution in [0.1, 0.15) is 67.7 Å². The molecule has 0 radical (unpaired) electrons. The molecule has 38 heavy (non-hydrogen) atoms. The molecule has 0 bridgehead atoms. The molecule has 3 aromatic rings. The second kappa shape index (κ2) is 11.5. The zero-order valence-electron chi connectivity index (χ0n) is 22.6. The Kier molecular flexibility index (Phi) is 7.91. The van der Waals surface area contributed by atoms with Crippen LogP contribution in [0.3, 0.4) is 0 Å². The van der Waals surface area contributed by atoms with Crippen molar-refractivity contribution in [1.29, 1.82) is 0 Å². The molecule has 1 atom stereocenters. The molecule has 0 saturated heterocycles. The summed E-state index contributed by atoms with van der Waals surface area (Å²) in [5.41, 5.74) is 3.11. The lowest BCUT2D eigenvalue weighted by atomic mass is 9.85. The maximum absolute atomic E-state index is 13.6. The van der Waals surface area contributed by atoms with Crippen molar-refractivity contribution in [3.8, 4) is 17.2 Å². The number of fused-ring (bicyclic) bond motifs is 2. The summed E-state index contributed by atoms with van der Waals surface area (Å²) in [5.74, 6) is 2.73. The topological polar surface area (TPSA) is 78.2 Å². The van der Waals surface area contributed by atoms with Crippen molar-refractivity contribution in [3.05, 3.63) is 63.5 Å². The number of carbonyl (C=O) groups excluding carboxylic acids is 1. The Morgan fingerprint density at radius 2 is 1.79 bits per heavy atom. The number of benzene rings is 2. The predicted molar refractivity (Wildman–Crippen MR) is 146 cm³/mol. The highest BCUT2D eigenvalue weighted by molar-refractivity contribution is 5.81. The van der Waals surface area contributed by atoms with Crippen molar-refractivity contribution in [2.45, 2.75) is 64.3 Å². The summed E-state index contributed by atoms with van der Waals surface area (Å²) in [6.45, 7) is 2.79. The number of amides is 1. The maximum atomic E-state index is 13.6. The normalized spacial score (nSPS) is 17.8. The van der Waals surface area contributed by atoms with Crippen LogP contribution in [0.5, 0.6) is 17.2 Å². The number of hydrogen-bond donors (Lipinski definition) is 0. The van der Waals surface area contributed by atoms with Crippen LogP contribution >= 0.6 is 0 Å². The first-order valence-corrected chi connectivity index (χ1v) is 13.7. The highest BCUT2D eigenvalue weighted by Gasteiger charge is 2.33. The predicted octanol–water partition coefficient (Wildman–Crippen LogP) is 5.98. The third kappa shape index (κ3) is 5.52. The summed E-state index contributed by atoms with van der Waals surface area (Å²) < 4.78 is 22.8. The van der Waals surface area contributed by atoms with Gasteiger partial charge in [0, 0.05) is 30.5 Å². The van der Waals surface area contributed by atoms with Crippen LogP contribution < -0.4 is 19.8 Å². The third-order valence-corrected chi connectivity index (χ3v) is 8.14. The van der Waals surface area contributed by atoms with Gasteiger partial charge in [-0.05, 0) is 66.6 Å². The minimum atomic E-state index is -0.385. The molecule has 202 valence electrons. The number of ether oxygens (including phenoxy) is 3. The van der Waals surface area contributed by atoms with Gasteiger partial charge in [-0.3, -0.25) is 4.79 Å². The zero-order valence-corrected chi connectivity index (χ0v) is 22.6. The Morgan fingerprint density at radius 1 is 1.03 bits per heavy atom. The lowest BCUT2D eigenvalue weighted by molar-refractivity contribution is -0.135. The largest absolute Gasteiger partial charge is 0.493 e. The van der Waals surface area contributed by atoms with E-state index in [1.807, 2.05) is 36.1 Å². The highest BCUT2D eigenvalue weighted by Crippen LogP contribution is 2.39. The summed E-state index contributed by atoms with van der Waals surface area (Å²) in [7, 11) is 3.26. The van der Waals surface area contributed by atoms with Crippen LogP contribution in [0.4, 0.5) is 0 Å². The van der Waals surface area contributed by atoms with Gasteiger partial charge in [-0.25, -0.2) is 4.79 Å². The minimum Gasteiger partial charge on any atom is -0.493 e. The fourth-order valence-electron chi connectivity index (χ4n) is 6.02. The van der Waals surface area contributed by atoms with Crippen molar-refractivity contribution >= 4 is 16.9 Å². The SMILES string of the molecule is COc1cc2c(cc1OC)C(COc1ccc3c(C)cc(=O)oc3c1)N(C(=O)CCC1CCCCC1)CC2. The molecule has 2 heterocycles. The first-order chi connectivity index (χ1) is 18.5. The Morgan fingerprint density at radius 3 is 2.55 bits per heavy atom. The first kappa shape index (κ1) is 26.1. The first-order valence-electron chi connectivity index (χ1n) is 13.7. The van der Waals surface area contributed by atoms with E-state index in [9.17, 15) is 9.59 Å². The van der Waals surface area contributed by atoms with E-state index in [1.165, 1.54) is 38.2 Å². The van der Waals surface area contributed by atoms with Crippen molar-refractivity contribution in [3.63, 3.8) is 0 Å². The van der Waals surface area contributed by atoms with Gasteiger partial charge in [0.15, 0.2) is 11.5 Å². The molecule has 1 saturated carbocycles. The van der Waals surface area contributed by atoms with Gasteiger partial charge in [0.1, 0.15) is 17.9 Å². The van der Waals surface area contributed by atoms with Gasteiger partial charge >= 0.3 is 5.63 Å². The maximum Gasteiger partial charge on any atom is 0.336 e.